The van der Waals surface area contributed by atoms with Gasteiger partial charge in [0.2, 0.25) is 10.0 Å². The molecular weight excluding hydrogens is 276 g/mol. The second-order valence-electron chi connectivity index (χ2n) is 5.95. The molecule has 0 amide bonds. The quantitative estimate of drug-likeness (QED) is 0.868. The molecule has 0 aliphatic carbocycles. The molecule has 0 spiro atoms. The van der Waals surface area contributed by atoms with E-state index in [9.17, 15) is 8.42 Å². The van der Waals surface area contributed by atoms with Crippen molar-refractivity contribution in [3.8, 4) is 0 Å². The summed E-state index contributed by atoms with van der Waals surface area (Å²) in [5.41, 5.74) is 0. The molecule has 2 heterocycles. The Kier molecular flexibility index (Phi) is 4.82. The first-order chi connectivity index (χ1) is 9.37. The van der Waals surface area contributed by atoms with Gasteiger partial charge < -0.3 is 4.90 Å². The topological polar surface area (TPSA) is 67.2 Å². The molecular formula is C13H24N4O2S. The number of sulfonamides is 1. The highest BCUT2D eigenvalue weighted by Crippen LogP contribution is 2.20. The van der Waals surface area contributed by atoms with Gasteiger partial charge >= 0.3 is 0 Å². The minimum absolute atomic E-state index is 0.223. The van der Waals surface area contributed by atoms with Crippen LogP contribution in [0.3, 0.4) is 0 Å². The highest BCUT2D eigenvalue weighted by molar-refractivity contribution is 7.89. The fraction of sp³-hybridized carbons (Fsp3) is 0.769. The Hall–Kier alpha value is -0.920. The molecule has 1 aliphatic rings. The van der Waals surface area contributed by atoms with E-state index in [4.69, 9.17) is 0 Å². The zero-order chi connectivity index (χ0) is 14.8. The van der Waals surface area contributed by atoms with Crippen molar-refractivity contribution in [2.45, 2.75) is 25.2 Å². The highest BCUT2D eigenvalue weighted by atomic mass is 32.2. The normalized spacial score (nSPS) is 24.9. The van der Waals surface area contributed by atoms with E-state index < -0.39 is 10.0 Å². The summed E-state index contributed by atoms with van der Waals surface area (Å²) in [6, 6.07) is 0. The fourth-order valence-electron chi connectivity index (χ4n) is 2.93. The Balaban J connectivity index is 1.83. The molecule has 2 atom stereocenters. The van der Waals surface area contributed by atoms with Crippen LogP contribution in [0, 0.1) is 11.8 Å². The summed E-state index contributed by atoms with van der Waals surface area (Å²) in [5, 5.41) is 3.89. The first kappa shape index (κ1) is 15.5. The predicted octanol–water partition coefficient (Wildman–Crippen LogP) is 0.676. The molecule has 6 nitrogen and oxygen atoms in total. The van der Waals surface area contributed by atoms with Gasteiger partial charge in [-0.15, -0.1) is 0 Å². The second kappa shape index (κ2) is 6.24. The minimum Gasteiger partial charge on any atom is -0.302 e. The van der Waals surface area contributed by atoms with Gasteiger partial charge in [-0.3, -0.25) is 4.68 Å². The summed E-state index contributed by atoms with van der Waals surface area (Å²) in [6.45, 7) is 7.81. The molecule has 0 aromatic carbocycles. The molecule has 0 saturated carbocycles. The molecule has 114 valence electrons. The average molecular weight is 300 g/mol. The van der Waals surface area contributed by atoms with Crippen LogP contribution in [-0.2, 0) is 17.1 Å². The van der Waals surface area contributed by atoms with Crippen molar-refractivity contribution in [1.29, 1.82) is 0 Å². The van der Waals surface area contributed by atoms with Gasteiger partial charge in [0.25, 0.3) is 0 Å². The number of aromatic nitrogens is 2. The molecule has 0 unspecified atom stereocenters. The van der Waals surface area contributed by atoms with Crippen LogP contribution >= 0.6 is 0 Å². The van der Waals surface area contributed by atoms with Crippen LogP contribution < -0.4 is 4.72 Å². The lowest BCUT2D eigenvalue weighted by molar-refractivity contribution is 0.143. The van der Waals surface area contributed by atoms with Crippen LogP contribution in [0.25, 0.3) is 0 Å². The summed E-state index contributed by atoms with van der Waals surface area (Å²) < 4.78 is 28.2. The van der Waals surface area contributed by atoms with Gasteiger partial charge in [0, 0.05) is 39.4 Å². The largest absolute Gasteiger partial charge is 0.302 e. The molecule has 1 aromatic rings. The number of rotatable bonds is 5. The van der Waals surface area contributed by atoms with Crippen molar-refractivity contribution in [2.24, 2.45) is 18.9 Å². The number of piperidine rings is 1. The van der Waals surface area contributed by atoms with E-state index in [2.05, 4.69) is 28.6 Å². The molecule has 1 aromatic heterocycles. The van der Waals surface area contributed by atoms with E-state index in [0.717, 1.165) is 19.6 Å². The van der Waals surface area contributed by atoms with Gasteiger partial charge in [0.1, 0.15) is 4.90 Å². The van der Waals surface area contributed by atoms with Crippen molar-refractivity contribution >= 4 is 10.0 Å². The van der Waals surface area contributed by atoms with Crippen molar-refractivity contribution in [1.82, 2.24) is 19.4 Å². The standard InChI is InChI=1S/C13H24N4O2S/c1-11-6-12(2)9-17(8-11)5-4-15-20(18,19)13-7-14-16(3)10-13/h7,10-12,15H,4-6,8-9H2,1-3H3/t11-,12-/m0/s1. The Morgan fingerprint density at radius 1 is 1.35 bits per heavy atom. The molecule has 1 N–H and O–H groups in total. The summed E-state index contributed by atoms with van der Waals surface area (Å²) >= 11 is 0. The molecule has 20 heavy (non-hydrogen) atoms. The third-order valence-electron chi connectivity index (χ3n) is 3.66. The molecule has 2 rings (SSSR count). The average Bonchev–Trinajstić information content (AvgIpc) is 2.75. The van der Waals surface area contributed by atoms with Gasteiger partial charge in [-0.05, 0) is 18.3 Å². The lowest BCUT2D eigenvalue weighted by atomic mass is 9.92. The lowest BCUT2D eigenvalue weighted by Crippen LogP contribution is -2.42. The SMILES string of the molecule is C[C@H]1C[C@H](C)CN(CCNS(=O)(=O)c2cnn(C)c2)C1. The van der Waals surface area contributed by atoms with Crippen LogP contribution in [0.5, 0.6) is 0 Å². The van der Waals surface area contributed by atoms with E-state index in [0.29, 0.717) is 18.4 Å². The smallest absolute Gasteiger partial charge is 0.243 e. The number of hydrogen-bond donors (Lipinski definition) is 1. The Labute approximate surface area is 121 Å². The fourth-order valence-corrected chi connectivity index (χ4v) is 3.94. The zero-order valence-electron chi connectivity index (χ0n) is 12.4. The highest BCUT2D eigenvalue weighted by Gasteiger charge is 2.22. The molecule has 1 saturated heterocycles. The third-order valence-corrected chi connectivity index (χ3v) is 5.07. The van der Waals surface area contributed by atoms with Crippen molar-refractivity contribution in [3.05, 3.63) is 12.4 Å². The number of aryl methyl sites for hydroxylation is 1. The van der Waals surface area contributed by atoms with Gasteiger partial charge in [-0.1, -0.05) is 13.8 Å². The Bertz CT molecular complexity index is 530. The summed E-state index contributed by atoms with van der Waals surface area (Å²) in [4.78, 5) is 2.56. The Morgan fingerprint density at radius 3 is 2.55 bits per heavy atom. The van der Waals surface area contributed by atoms with Crippen LogP contribution in [0.15, 0.2) is 17.3 Å². The number of likely N-dealkylation sites (tertiary alicyclic amines) is 1. The summed E-state index contributed by atoms with van der Waals surface area (Å²) in [6.07, 6.45) is 4.14. The van der Waals surface area contributed by atoms with E-state index >= 15 is 0 Å². The van der Waals surface area contributed by atoms with Crippen LogP contribution in [0.4, 0.5) is 0 Å². The van der Waals surface area contributed by atoms with Crippen molar-refractivity contribution in [2.75, 3.05) is 26.2 Å². The van der Waals surface area contributed by atoms with E-state index in [1.807, 2.05) is 0 Å². The molecule has 1 aliphatic heterocycles. The maximum absolute atomic E-state index is 12.0. The Morgan fingerprint density at radius 2 is 2.00 bits per heavy atom. The summed E-state index contributed by atoms with van der Waals surface area (Å²) in [5.74, 6) is 1.38. The van der Waals surface area contributed by atoms with Gasteiger partial charge in [-0.2, -0.15) is 5.10 Å². The first-order valence-electron chi connectivity index (χ1n) is 7.07. The minimum atomic E-state index is -3.43. The maximum Gasteiger partial charge on any atom is 0.243 e. The van der Waals surface area contributed by atoms with Gasteiger partial charge in [0.05, 0.1) is 6.20 Å². The molecule has 0 bridgehead atoms. The number of hydrogen-bond acceptors (Lipinski definition) is 4. The molecule has 1 fully saturated rings. The van der Waals surface area contributed by atoms with Gasteiger partial charge in [-0.25, -0.2) is 13.1 Å². The van der Waals surface area contributed by atoms with Crippen LogP contribution in [0.1, 0.15) is 20.3 Å². The van der Waals surface area contributed by atoms with Crippen molar-refractivity contribution in [3.63, 3.8) is 0 Å². The predicted molar refractivity (Wildman–Crippen MR) is 77.8 cm³/mol. The van der Waals surface area contributed by atoms with Crippen LogP contribution in [0.2, 0.25) is 0 Å². The molecule has 0 radical (unpaired) electrons. The summed E-state index contributed by atoms with van der Waals surface area (Å²) in [7, 11) is -1.72. The van der Waals surface area contributed by atoms with E-state index in [1.54, 1.807) is 7.05 Å². The van der Waals surface area contributed by atoms with Gasteiger partial charge in [0.15, 0.2) is 0 Å². The monoisotopic (exact) mass is 300 g/mol. The first-order valence-corrected chi connectivity index (χ1v) is 8.56. The number of nitrogens with zero attached hydrogens (tertiary/aromatic N) is 3. The second-order valence-corrected chi connectivity index (χ2v) is 7.72. The number of nitrogens with one attached hydrogen (secondary N) is 1. The lowest BCUT2D eigenvalue weighted by Gasteiger charge is -2.34. The molecule has 7 heteroatoms. The van der Waals surface area contributed by atoms with E-state index in [-0.39, 0.29) is 4.90 Å². The van der Waals surface area contributed by atoms with Crippen LogP contribution in [-0.4, -0.2) is 49.3 Å². The van der Waals surface area contributed by atoms with E-state index in [1.165, 1.54) is 23.5 Å². The van der Waals surface area contributed by atoms with Crippen molar-refractivity contribution < 1.29 is 8.42 Å². The third kappa shape index (κ3) is 4.04. The zero-order valence-corrected chi connectivity index (χ0v) is 13.2. The maximum atomic E-state index is 12.0.